The zero-order valence-corrected chi connectivity index (χ0v) is 15.0. The third-order valence-corrected chi connectivity index (χ3v) is 5.68. The van der Waals surface area contributed by atoms with E-state index in [9.17, 15) is 4.79 Å². The van der Waals surface area contributed by atoms with Crippen molar-refractivity contribution >= 4 is 6.03 Å². The fourth-order valence-electron chi connectivity index (χ4n) is 3.90. The second kappa shape index (κ2) is 7.65. The van der Waals surface area contributed by atoms with Gasteiger partial charge in [-0.1, -0.05) is 18.2 Å². The molecule has 2 amide bonds. The van der Waals surface area contributed by atoms with Crippen molar-refractivity contribution in [1.82, 2.24) is 15.1 Å². The van der Waals surface area contributed by atoms with Gasteiger partial charge in [-0.15, -0.1) is 0 Å². The standard InChI is InChI=1S/C20H29N3O2/c24-20(23-12-9-18(14-23)22-10-3-4-11-22)21-13-17-5-1-2-6-19(17)25-15-16-7-8-16/h1-2,5-6,16,18H,3-4,7-15H2,(H,21,24)/t18-/m0/s1. The minimum Gasteiger partial charge on any atom is -0.493 e. The highest BCUT2D eigenvalue weighted by molar-refractivity contribution is 5.74. The van der Waals surface area contributed by atoms with Crippen molar-refractivity contribution in [3.8, 4) is 5.75 Å². The van der Waals surface area contributed by atoms with Gasteiger partial charge in [0.2, 0.25) is 0 Å². The first-order valence-electron chi connectivity index (χ1n) is 9.77. The van der Waals surface area contributed by atoms with Crippen LogP contribution in [0.1, 0.15) is 37.7 Å². The van der Waals surface area contributed by atoms with Crippen LogP contribution < -0.4 is 10.1 Å². The number of hydrogen-bond acceptors (Lipinski definition) is 3. The van der Waals surface area contributed by atoms with Crippen LogP contribution in [0.15, 0.2) is 24.3 Å². The molecule has 136 valence electrons. The van der Waals surface area contributed by atoms with Gasteiger partial charge in [0.1, 0.15) is 5.75 Å². The highest BCUT2D eigenvalue weighted by Crippen LogP contribution is 2.30. The number of carbonyl (C=O) groups is 1. The van der Waals surface area contributed by atoms with Crippen molar-refractivity contribution < 1.29 is 9.53 Å². The molecule has 1 atom stereocenters. The number of rotatable bonds is 6. The molecule has 1 saturated carbocycles. The van der Waals surface area contributed by atoms with Crippen molar-refractivity contribution in [3.63, 3.8) is 0 Å². The molecule has 1 aromatic carbocycles. The SMILES string of the molecule is O=C(NCc1ccccc1OCC1CC1)N1CC[C@H](N2CCCC2)C1. The van der Waals surface area contributed by atoms with E-state index in [0.29, 0.717) is 12.6 Å². The largest absolute Gasteiger partial charge is 0.493 e. The van der Waals surface area contributed by atoms with Gasteiger partial charge in [0.15, 0.2) is 0 Å². The normalized spacial score (nSPS) is 23.8. The van der Waals surface area contributed by atoms with E-state index in [1.165, 1.54) is 38.8 Å². The maximum atomic E-state index is 12.5. The minimum atomic E-state index is 0.0543. The molecule has 1 aromatic rings. The molecular weight excluding hydrogens is 314 g/mol. The quantitative estimate of drug-likeness (QED) is 0.864. The number of para-hydroxylation sites is 1. The lowest BCUT2D eigenvalue weighted by atomic mass is 10.2. The summed E-state index contributed by atoms with van der Waals surface area (Å²) in [6, 6.07) is 8.66. The Morgan fingerprint density at radius 2 is 1.92 bits per heavy atom. The van der Waals surface area contributed by atoms with E-state index in [0.717, 1.165) is 43.3 Å². The lowest BCUT2D eigenvalue weighted by Gasteiger charge is -2.23. The lowest BCUT2D eigenvalue weighted by molar-refractivity contribution is 0.198. The molecule has 0 aromatic heterocycles. The van der Waals surface area contributed by atoms with Gasteiger partial charge >= 0.3 is 6.03 Å². The van der Waals surface area contributed by atoms with Crippen LogP contribution in [0.3, 0.4) is 0 Å². The number of hydrogen-bond donors (Lipinski definition) is 1. The first-order chi connectivity index (χ1) is 12.3. The third kappa shape index (κ3) is 4.27. The Kier molecular flexibility index (Phi) is 5.11. The van der Waals surface area contributed by atoms with Crippen LogP contribution in [0, 0.1) is 5.92 Å². The first-order valence-corrected chi connectivity index (χ1v) is 9.77. The first kappa shape index (κ1) is 16.7. The predicted octanol–water partition coefficient (Wildman–Crippen LogP) is 2.86. The highest BCUT2D eigenvalue weighted by Gasteiger charge is 2.31. The van der Waals surface area contributed by atoms with Crippen molar-refractivity contribution in [2.24, 2.45) is 5.92 Å². The fourth-order valence-corrected chi connectivity index (χ4v) is 3.90. The molecule has 0 spiro atoms. The molecule has 1 aliphatic carbocycles. The highest BCUT2D eigenvalue weighted by atomic mass is 16.5. The third-order valence-electron chi connectivity index (χ3n) is 5.68. The van der Waals surface area contributed by atoms with E-state index in [2.05, 4.69) is 10.2 Å². The Morgan fingerprint density at radius 1 is 1.12 bits per heavy atom. The van der Waals surface area contributed by atoms with Gasteiger partial charge in [0, 0.05) is 31.2 Å². The summed E-state index contributed by atoms with van der Waals surface area (Å²) in [6.45, 7) is 5.47. The Bertz CT molecular complexity index is 596. The van der Waals surface area contributed by atoms with Gasteiger partial charge in [0.25, 0.3) is 0 Å². The molecule has 0 radical (unpaired) electrons. The van der Waals surface area contributed by atoms with Gasteiger partial charge in [0.05, 0.1) is 6.61 Å². The van der Waals surface area contributed by atoms with E-state index in [-0.39, 0.29) is 6.03 Å². The van der Waals surface area contributed by atoms with Crippen LogP contribution in [0.4, 0.5) is 4.79 Å². The van der Waals surface area contributed by atoms with Crippen molar-refractivity contribution in [1.29, 1.82) is 0 Å². The second-order valence-corrected chi connectivity index (χ2v) is 7.65. The number of benzene rings is 1. The van der Waals surface area contributed by atoms with Gasteiger partial charge < -0.3 is 15.0 Å². The molecule has 3 aliphatic rings. The molecule has 2 aliphatic heterocycles. The summed E-state index contributed by atoms with van der Waals surface area (Å²) in [4.78, 5) is 17.0. The maximum absolute atomic E-state index is 12.5. The number of ether oxygens (including phenoxy) is 1. The van der Waals surface area contributed by atoms with E-state index in [1.807, 2.05) is 29.2 Å². The zero-order chi connectivity index (χ0) is 17.1. The van der Waals surface area contributed by atoms with Crippen molar-refractivity contribution in [2.75, 3.05) is 32.8 Å². The summed E-state index contributed by atoms with van der Waals surface area (Å²) >= 11 is 0. The van der Waals surface area contributed by atoms with E-state index < -0.39 is 0 Å². The summed E-state index contributed by atoms with van der Waals surface area (Å²) in [5, 5.41) is 3.08. The second-order valence-electron chi connectivity index (χ2n) is 7.65. The molecular formula is C20H29N3O2. The van der Waals surface area contributed by atoms with Gasteiger partial charge in [-0.2, -0.15) is 0 Å². The van der Waals surface area contributed by atoms with Crippen LogP contribution >= 0.6 is 0 Å². The van der Waals surface area contributed by atoms with Gasteiger partial charge in [-0.25, -0.2) is 4.79 Å². The number of amides is 2. The summed E-state index contributed by atoms with van der Waals surface area (Å²) in [7, 11) is 0. The monoisotopic (exact) mass is 343 g/mol. The topological polar surface area (TPSA) is 44.8 Å². The lowest BCUT2D eigenvalue weighted by Crippen LogP contribution is -2.41. The van der Waals surface area contributed by atoms with Crippen LogP contribution in [-0.2, 0) is 6.54 Å². The summed E-state index contributed by atoms with van der Waals surface area (Å²) < 4.78 is 5.93. The molecule has 4 rings (SSSR count). The minimum absolute atomic E-state index is 0.0543. The Hall–Kier alpha value is -1.75. The molecule has 2 saturated heterocycles. The number of carbonyl (C=O) groups excluding carboxylic acids is 1. The molecule has 5 nitrogen and oxygen atoms in total. The summed E-state index contributed by atoms with van der Waals surface area (Å²) in [5.74, 6) is 1.64. The average Bonchev–Trinajstić information content (AvgIpc) is 3.11. The Morgan fingerprint density at radius 3 is 2.72 bits per heavy atom. The number of nitrogens with zero attached hydrogens (tertiary/aromatic N) is 2. The van der Waals surface area contributed by atoms with Crippen LogP contribution in [-0.4, -0.2) is 54.7 Å². The van der Waals surface area contributed by atoms with Crippen LogP contribution in [0.5, 0.6) is 5.75 Å². The van der Waals surface area contributed by atoms with Crippen LogP contribution in [0.2, 0.25) is 0 Å². The van der Waals surface area contributed by atoms with Crippen molar-refractivity contribution in [2.45, 2.75) is 44.7 Å². The molecule has 3 fully saturated rings. The van der Waals surface area contributed by atoms with Gasteiger partial charge in [-0.3, -0.25) is 4.90 Å². The Labute approximate surface area is 150 Å². The average molecular weight is 343 g/mol. The maximum Gasteiger partial charge on any atom is 0.317 e. The predicted molar refractivity (Wildman–Crippen MR) is 97.7 cm³/mol. The number of urea groups is 1. The van der Waals surface area contributed by atoms with Gasteiger partial charge in [-0.05, 0) is 57.2 Å². The molecule has 25 heavy (non-hydrogen) atoms. The van der Waals surface area contributed by atoms with Crippen molar-refractivity contribution in [3.05, 3.63) is 29.8 Å². The smallest absolute Gasteiger partial charge is 0.317 e. The zero-order valence-electron chi connectivity index (χ0n) is 15.0. The molecule has 0 unspecified atom stereocenters. The summed E-state index contributed by atoms with van der Waals surface area (Å²) in [5.41, 5.74) is 1.06. The summed E-state index contributed by atoms with van der Waals surface area (Å²) in [6.07, 6.45) is 6.28. The number of likely N-dealkylation sites (tertiary alicyclic amines) is 2. The molecule has 5 heteroatoms. The molecule has 0 bridgehead atoms. The molecule has 1 N–H and O–H groups in total. The fraction of sp³-hybridized carbons (Fsp3) is 0.650. The Balaban J connectivity index is 1.27. The molecule has 2 heterocycles. The van der Waals surface area contributed by atoms with E-state index in [4.69, 9.17) is 4.74 Å². The van der Waals surface area contributed by atoms with E-state index >= 15 is 0 Å². The number of nitrogens with one attached hydrogen (secondary N) is 1. The van der Waals surface area contributed by atoms with E-state index in [1.54, 1.807) is 0 Å². The van der Waals surface area contributed by atoms with Crippen LogP contribution in [0.25, 0.3) is 0 Å².